The third kappa shape index (κ3) is 2.09. The van der Waals surface area contributed by atoms with Crippen LogP contribution in [0.15, 0.2) is 18.2 Å². The van der Waals surface area contributed by atoms with Crippen molar-refractivity contribution in [3.63, 3.8) is 0 Å². The maximum Gasteiger partial charge on any atom is 0.248 e. The lowest BCUT2D eigenvalue weighted by Crippen LogP contribution is -2.37. The van der Waals surface area contributed by atoms with Gasteiger partial charge in [0, 0.05) is 13.1 Å². The number of benzene rings is 1. The topological polar surface area (TPSA) is 40.5 Å². The van der Waals surface area contributed by atoms with E-state index in [0.29, 0.717) is 6.54 Å². The Morgan fingerprint density at radius 1 is 1.44 bits per heavy atom. The molecular weight excluding hydrogens is 202 g/mol. The number of aliphatic hydroxyl groups is 1. The molecule has 3 heteroatoms. The van der Waals surface area contributed by atoms with E-state index in [1.165, 1.54) is 16.7 Å². The summed E-state index contributed by atoms with van der Waals surface area (Å²) in [6.07, 6.45) is 1.91. The zero-order valence-corrected chi connectivity index (χ0v) is 9.57. The van der Waals surface area contributed by atoms with Crippen LogP contribution in [-0.2, 0) is 24.2 Å². The molecule has 1 heterocycles. The van der Waals surface area contributed by atoms with Crippen LogP contribution in [0.3, 0.4) is 0 Å². The lowest BCUT2D eigenvalue weighted by Gasteiger charge is -2.28. The molecule has 0 aromatic heterocycles. The molecule has 1 aromatic rings. The number of aliphatic hydroxyl groups excluding tert-OH is 1. The zero-order valence-electron chi connectivity index (χ0n) is 9.57. The Morgan fingerprint density at radius 2 is 2.25 bits per heavy atom. The van der Waals surface area contributed by atoms with Gasteiger partial charge in [-0.15, -0.1) is 0 Å². The molecule has 1 N–H and O–H groups in total. The lowest BCUT2D eigenvalue weighted by atomic mass is 9.96. The van der Waals surface area contributed by atoms with Crippen LogP contribution in [0.25, 0.3) is 0 Å². The van der Waals surface area contributed by atoms with Gasteiger partial charge in [-0.3, -0.25) is 4.79 Å². The van der Waals surface area contributed by atoms with Crippen molar-refractivity contribution in [2.24, 2.45) is 0 Å². The van der Waals surface area contributed by atoms with Gasteiger partial charge in [0.25, 0.3) is 0 Å². The summed E-state index contributed by atoms with van der Waals surface area (Å²) in [4.78, 5) is 13.1. The van der Waals surface area contributed by atoms with Crippen molar-refractivity contribution in [1.82, 2.24) is 4.90 Å². The average molecular weight is 219 g/mol. The number of carbonyl (C=O) groups is 1. The van der Waals surface area contributed by atoms with E-state index in [4.69, 9.17) is 5.11 Å². The molecule has 2 rings (SSSR count). The molecule has 0 radical (unpaired) electrons. The van der Waals surface area contributed by atoms with Crippen LogP contribution in [-0.4, -0.2) is 29.1 Å². The van der Waals surface area contributed by atoms with Crippen molar-refractivity contribution in [3.05, 3.63) is 34.9 Å². The second-order valence-corrected chi connectivity index (χ2v) is 4.18. The van der Waals surface area contributed by atoms with E-state index in [1.807, 2.05) is 0 Å². The van der Waals surface area contributed by atoms with Crippen LogP contribution in [0, 0.1) is 0 Å². The largest absolute Gasteiger partial charge is 0.387 e. The molecule has 1 aliphatic rings. The molecule has 0 bridgehead atoms. The highest BCUT2D eigenvalue weighted by atomic mass is 16.3. The zero-order chi connectivity index (χ0) is 11.5. The Bertz CT molecular complexity index is 401. The fourth-order valence-corrected chi connectivity index (χ4v) is 2.14. The molecule has 1 aliphatic heterocycles. The molecule has 1 aromatic carbocycles. The summed E-state index contributed by atoms with van der Waals surface area (Å²) < 4.78 is 0. The Hall–Kier alpha value is -1.35. The maximum atomic E-state index is 11.4. The van der Waals surface area contributed by atoms with Crippen LogP contribution in [0.4, 0.5) is 0 Å². The monoisotopic (exact) mass is 219 g/mol. The first-order valence-corrected chi connectivity index (χ1v) is 5.74. The SMILES string of the molecule is CCc1ccc2c(c1)CN(C(=O)CO)CC2. The number of carbonyl (C=O) groups excluding carboxylic acids is 1. The fraction of sp³-hybridized carbons (Fsp3) is 0.462. The molecule has 0 saturated carbocycles. The van der Waals surface area contributed by atoms with Crippen LogP contribution in [0.2, 0.25) is 0 Å². The molecule has 0 atom stereocenters. The number of amides is 1. The molecule has 86 valence electrons. The number of hydrogen-bond acceptors (Lipinski definition) is 2. The molecule has 0 fully saturated rings. The summed E-state index contributed by atoms with van der Waals surface area (Å²) in [7, 11) is 0. The van der Waals surface area contributed by atoms with Gasteiger partial charge in [0.2, 0.25) is 5.91 Å². The highest BCUT2D eigenvalue weighted by Crippen LogP contribution is 2.20. The molecular formula is C13H17NO2. The molecule has 0 saturated heterocycles. The number of nitrogens with zero attached hydrogens (tertiary/aromatic N) is 1. The molecule has 3 nitrogen and oxygen atoms in total. The Morgan fingerprint density at radius 3 is 2.94 bits per heavy atom. The predicted molar refractivity (Wildman–Crippen MR) is 62.0 cm³/mol. The average Bonchev–Trinajstić information content (AvgIpc) is 2.36. The second kappa shape index (κ2) is 4.66. The van der Waals surface area contributed by atoms with Gasteiger partial charge >= 0.3 is 0 Å². The minimum Gasteiger partial charge on any atom is -0.387 e. The van der Waals surface area contributed by atoms with E-state index >= 15 is 0 Å². The van der Waals surface area contributed by atoms with Crippen LogP contribution in [0.5, 0.6) is 0 Å². The lowest BCUT2D eigenvalue weighted by molar-refractivity contribution is -0.135. The molecule has 1 amide bonds. The summed E-state index contributed by atoms with van der Waals surface area (Å²) >= 11 is 0. The van der Waals surface area contributed by atoms with E-state index in [2.05, 4.69) is 25.1 Å². The summed E-state index contributed by atoms with van der Waals surface area (Å²) in [5.74, 6) is -0.174. The van der Waals surface area contributed by atoms with E-state index in [0.717, 1.165) is 19.4 Å². The van der Waals surface area contributed by atoms with Crippen molar-refractivity contribution >= 4 is 5.91 Å². The first kappa shape index (κ1) is 11.1. The number of hydrogen-bond donors (Lipinski definition) is 1. The van der Waals surface area contributed by atoms with Crippen molar-refractivity contribution in [1.29, 1.82) is 0 Å². The van der Waals surface area contributed by atoms with Crippen molar-refractivity contribution in [2.75, 3.05) is 13.2 Å². The van der Waals surface area contributed by atoms with Crippen molar-refractivity contribution < 1.29 is 9.90 Å². The normalized spacial score (nSPS) is 14.8. The van der Waals surface area contributed by atoms with Gasteiger partial charge in [-0.2, -0.15) is 0 Å². The van der Waals surface area contributed by atoms with Gasteiger partial charge in [-0.25, -0.2) is 0 Å². The van der Waals surface area contributed by atoms with E-state index in [-0.39, 0.29) is 12.5 Å². The standard InChI is InChI=1S/C13H17NO2/c1-2-10-3-4-11-5-6-14(13(16)9-15)8-12(11)7-10/h3-4,7,15H,2,5-6,8-9H2,1H3. The first-order valence-electron chi connectivity index (χ1n) is 5.74. The second-order valence-electron chi connectivity index (χ2n) is 4.18. The molecule has 0 spiro atoms. The van der Waals surface area contributed by atoms with Gasteiger partial charge in [0.15, 0.2) is 0 Å². The first-order chi connectivity index (χ1) is 7.74. The Balaban J connectivity index is 2.21. The summed E-state index contributed by atoms with van der Waals surface area (Å²) in [6, 6.07) is 6.49. The Kier molecular flexibility index (Phi) is 3.25. The van der Waals surface area contributed by atoms with Crippen molar-refractivity contribution in [3.8, 4) is 0 Å². The number of rotatable bonds is 2. The number of aryl methyl sites for hydroxylation is 1. The predicted octanol–water partition coefficient (Wildman–Crippen LogP) is 1.13. The van der Waals surface area contributed by atoms with Gasteiger partial charge in [-0.05, 0) is 29.5 Å². The smallest absolute Gasteiger partial charge is 0.248 e. The van der Waals surface area contributed by atoms with Gasteiger partial charge < -0.3 is 10.0 Å². The fourth-order valence-electron chi connectivity index (χ4n) is 2.14. The van der Waals surface area contributed by atoms with Gasteiger partial charge in [0.05, 0.1) is 0 Å². The molecule has 0 aliphatic carbocycles. The van der Waals surface area contributed by atoms with Crippen molar-refractivity contribution in [2.45, 2.75) is 26.3 Å². The van der Waals surface area contributed by atoms with Gasteiger partial charge in [-0.1, -0.05) is 25.1 Å². The van der Waals surface area contributed by atoms with E-state index in [9.17, 15) is 4.79 Å². The summed E-state index contributed by atoms with van der Waals surface area (Å²) in [5, 5.41) is 8.84. The van der Waals surface area contributed by atoms with Crippen LogP contribution in [0.1, 0.15) is 23.6 Å². The minimum atomic E-state index is -0.386. The number of fused-ring (bicyclic) bond motifs is 1. The van der Waals surface area contributed by atoms with Crippen LogP contribution >= 0.6 is 0 Å². The summed E-state index contributed by atoms with van der Waals surface area (Å²) in [5.41, 5.74) is 3.86. The molecule has 16 heavy (non-hydrogen) atoms. The van der Waals surface area contributed by atoms with Gasteiger partial charge in [0.1, 0.15) is 6.61 Å². The third-order valence-corrected chi connectivity index (χ3v) is 3.18. The molecule has 0 unspecified atom stereocenters. The maximum absolute atomic E-state index is 11.4. The highest BCUT2D eigenvalue weighted by molar-refractivity contribution is 5.77. The third-order valence-electron chi connectivity index (χ3n) is 3.18. The van der Waals surface area contributed by atoms with E-state index in [1.54, 1.807) is 4.90 Å². The van der Waals surface area contributed by atoms with E-state index < -0.39 is 0 Å². The minimum absolute atomic E-state index is 0.174. The summed E-state index contributed by atoms with van der Waals surface area (Å²) in [6.45, 7) is 3.10. The highest BCUT2D eigenvalue weighted by Gasteiger charge is 2.19. The Labute approximate surface area is 95.7 Å². The quantitative estimate of drug-likeness (QED) is 0.810. The van der Waals surface area contributed by atoms with Crippen LogP contribution < -0.4 is 0 Å².